The number of aromatic amines is 1. The Bertz CT molecular complexity index is 478. The second-order valence-corrected chi connectivity index (χ2v) is 2.62. The van der Waals surface area contributed by atoms with E-state index in [-0.39, 0.29) is 11.1 Å². The summed E-state index contributed by atoms with van der Waals surface area (Å²) in [5.74, 6) is -0.473. The molecule has 0 saturated heterocycles. The van der Waals surface area contributed by atoms with E-state index in [4.69, 9.17) is 0 Å². The van der Waals surface area contributed by atoms with Gasteiger partial charge in [0.2, 0.25) is 0 Å². The van der Waals surface area contributed by atoms with Crippen LogP contribution in [0.3, 0.4) is 0 Å². The smallest absolute Gasteiger partial charge is 0.270 e. The number of nitro groups is 1. The topological polar surface area (TPSA) is 58.9 Å². The number of non-ortho nitro benzene ring substituents is 1. The zero-order valence-electron chi connectivity index (χ0n) is 6.45. The highest BCUT2D eigenvalue weighted by atomic mass is 19.1. The summed E-state index contributed by atoms with van der Waals surface area (Å²) in [4.78, 5) is 12.5. The van der Waals surface area contributed by atoms with Crippen molar-refractivity contribution in [2.24, 2.45) is 0 Å². The van der Waals surface area contributed by atoms with Crippen LogP contribution in [0.5, 0.6) is 0 Å². The van der Waals surface area contributed by atoms with Crippen LogP contribution in [-0.4, -0.2) is 9.91 Å². The van der Waals surface area contributed by atoms with Crippen LogP contribution in [0.2, 0.25) is 0 Å². The van der Waals surface area contributed by atoms with Gasteiger partial charge in [-0.3, -0.25) is 10.1 Å². The fourth-order valence-corrected chi connectivity index (χ4v) is 1.19. The number of nitrogens with zero attached hydrogens (tertiary/aromatic N) is 1. The lowest BCUT2D eigenvalue weighted by Crippen LogP contribution is -1.86. The summed E-state index contributed by atoms with van der Waals surface area (Å²) >= 11 is 0. The fourth-order valence-electron chi connectivity index (χ4n) is 1.19. The van der Waals surface area contributed by atoms with Gasteiger partial charge in [-0.05, 0) is 6.07 Å². The quantitative estimate of drug-likeness (QED) is 0.540. The average molecular weight is 180 g/mol. The Hall–Kier alpha value is -1.91. The number of nitro benzene ring substituents is 1. The first-order chi connectivity index (χ1) is 6.18. The summed E-state index contributed by atoms with van der Waals surface area (Å²) in [5.41, 5.74) is 0.453. The molecule has 0 saturated carbocycles. The molecule has 66 valence electrons. The Morgan fingerprint density at radius 3 is 2.92 bits per heavy atom. The summed E-state index contributed by atoms with van der Waals surface area (Å²) in [6, 6.07) is 4.02. The second kappa shape index (κ2) is 2.55. The Balaban J connectivity index is 2.72. The maximum absolute atomic E-state index is 12.9. The molecule has 0 aliphatic heterocycles. The zero-order chi connectivity index (χ0) is 9.42. The van der Waals surface area contributed by atoms with Crippen LogP contribution in [0.1, 0.15) is 0 Å². The summed E-state index contributed by atoms with van der Waals surface area (Å²) in [5, 5.41) is 10.6. The molecule has 0 aliphatic rings. The zero-order valence-corrected chi connectivity index (χ0v) is 6.45. The normalized spacial score (nSPS) is 10.5. The van der Waals surface area contributed by atoms with Gasteiger partial charge in [0.25, 0.3) is 5.69 Å². The molecule has 1 aromatic carbocycles. The average Bonchev–Trinajstić information content (AvgIpc) is 2.47. The van der Waals surface area contributed by atoms with Crippen molar-refractivity contribution < 1.29 is 9.31 Å². The molecule has 0 atom stereocenters. The Morgan fingerprint density at radius 1 is 1.46 bits per heavy atom. The number of rotatable bonds is 1. The molecule has 4 nitrogen and oxygen atoms in total. The van der Waals surface area contributed by atoms with Crippen molar-refractivity contribution in [1.82, 2.24) is 4.98 Å². The molecule has 0 radical (unpaired) electrons. The molecule has 0 spiro atoms. The predicted octanol–water partition coefficient (Wildman–Crippen LogP) is 2.22. The Kier molecular flexibility index (Phi) is 1.51. The highest BCUT2D eigenvalue weighted by Crippen LogP contribution is 2.22. The van der Waals surface area contributed by atoms with E-state index in [0.717, 1.165) is 0 Å². The third kappa shape index (κ3) is 1.14. The number of fused-ring (bicyclic) bond motifs is 1. The van der Waals surface area contributed by atoms with Gasteiger partial charge in [0, 0.05) is 29.2 Å². The highest BCUT2D eigenvalue weighted by molar-refractivity contribution is 5.82. The number of aromatic nitrogens is 1. The summed E-state index contributed by atoms with van der Waals surface area (Å²) in [7, 11) is 0. The molecule has 1 heterocycles. The first-order valence-electron chi connectivity index (χ1n) is 3.59. The molecule has 1 N–H and O–H groups in total. The summed E-state index contributed by atoms with van der Waals surface area (Å²) in [6.07, 6.45) is 1.17. The van der Waals surface area contributed by atoms with Gasteiger partial charge in [0.1, 0.15) is 5.82 Å². The lowest BCUT2D eigenvalue weighted by molar-refractivity contribution is -0.384. The lowest BCUT2D eigenvalue weighted by atomic mass is 10.2. The van der Waals surface area contributed by atoms with Gasteiger partial charge in [0.15, 0.2) is 0 Å². The van der Waals surface area contributed by atoms with Crippen LogP contribution in [0.15, 0.2) is 24.4 Å². The van der Waals surface area contributed by atoms with Crippen molar-refractivity contribution in [1.29, 1.82) is 0 Å². The maximum atomic E-state index is 12.9. The predicted molar refractivity (Wildman–Crippen MR) is 44.9 cm³/mol. The van der Waals surface area contributed by atoms with Gasteiger partial charge >= 0.3 is 0 Å². The number of hydrogen-bond donors (Lipinski definition) is 1. The van der Waals surface area contributed by atoms with E-state index in [1.165, 1.54) is 24.4 Å². The van der Waals surface area contributed by atoms with Gasteiger partial charge < -0.3 is 4.98 Å². The first-order valence-corrected chi connectivity index (χ1v) is 3.59. The van der Waals surface area contributed by atoms with Crippen molar-refractivity contribution in [3.63, 3.8) is 0 Å². The number of halogens is 1. The van der Waals surface area contributed by atoms with Gasteiger partial charge in [-0.25, -0.2) is 4.39 Å². The third-order valence-corrected chi connectivity index (χ3v) is 1.83. The van der Waals surface area contributed by atoms with Gasteiger partial charge in [-0.1, -0.05) is 0 Å². The standard InChI is InChI=1S/C8H5FN2O2/c9-7-4-10-8-2-1-5(11(12)13)3-6(7)8/h1-4,10H. The van der Waals surface area contributed by atoms with E-state index in [1.54, 1.807) is 0 Å². The van der Waals surface area contributed by atoms with E-state index < -0.39 is 10.7 Å². The monoisotopic (exact) mass is 180 g/mol. The SMILES string of the molecule is O=[N+]([O-])c1ccc2[nH]cc(F)c2c1. The Morgan fingerprint density at radius 2 is 2.23 bits per heavy atom. The largest absolute Gasteiger partial charge is 0.359 e. The van der Waals surface area contributed by atoms with Crippen molar-refractivity contribution in [2.75, 3.05) is 0 Å². The van der Waals surface area contributed by atoms with E-state index in [0.29, 0.717) is 5.52 Å². The number of H-pyrrole nitrogens is 1. The van der Waals surface area contributed by atoms with E-state index in [9.17, 15) is 14.5 Å². The number of hydrogen-bond acceptors (Lipinski definition) is 2. The molecular formula is C8H5FN2O2. The van der Waals surface area contributed by atoms with Crippen LogP contribution < -0.4 is 0 Å². The molecular weight excluding hydrogens is 175 g/mol. The minimum absolute atomic E-state index is 0.106. The van der Waals surface area contributed by atoms with E-state index in [1.807, 2.05) is 0 Å². The number of nitrogens with one attached hydrogen (secondary N) is 1. The minimum atomic E-state index is -0.550. The molecule has 1 aromatic heterocycles. The van der Waals surface area contributed by atoms with Crippen molar-refractivity contribution in [3.05, 3.63) is 40.3 Å². The van der Waals surface area contributed by atoms with Crippen LogP contribution in [0.25, 0.3) is 10.9 Å². The van der Waals surface area contributed by atoms with E-state index in [2.05, 4.69) is 4.98 Å². The van der Waals surface area contributed by atoms with Crippen LogP contribution >= 0.6 is 0 Å². The van der Waals surface area contributed by atoms with E-state index >= 15 is 0 Å². The molecule has 0 aliphatic carbocycles. The maximum Gasteiger partial charge on any atom is 0.270 e. The van der Waals surface area contributed by atoms with Crippen LogP contribution in [0, 0.1) is 15.9 Å². The molecule has 13 heavy (non-hydrogen) atoms. The molecule has 0 bridgehead atoms. The van der Waals surface area contributed by atoms with Gasteiger partial charge in [-0.15, -0.1) is 0 Å². The van der Waals surface area contributed by atoms with Crippen LogP contribution in [-0.2, 0) is 0 Å². The molecule has 5 heteroatoms. The molecule has 0 fully saturated rings. The minimum Gasteiger partial charge on any atom is -0.359 e. The molecule has 2 rings (SSSR count). The Labute approximate surface area is 72.1 Å². The van der Waals surface area contributed by atoms with Gasteiger partial charge in [-0.2, -0.15) is 0 Å². The fraction of sp³-hybridized carbons (Fsp3) is 0. The third-order valence-electron chi connectivity index (χ3n) is 1.83. The molecule has 0 amide bonds. The summed E-state index contributed by atoms with van der Waals surface area (Å²) < 4.78 is 12.9. The first kappa shape index (κ1) is 7.72. The second-order valence-electron chi connectivity index (χ2n) is 2.62. The lowest BCUT2D eigenvalue weighted by Gasteiger charge is -1.91. The molecule has 0 unspecified atom stereocenters. The van der Waals surface area contributed by atoms with Crippen molar-refractivity contribution >= 4 is 16.6 Å². The number of benzene rings is 1. The van der Waals surface area contributed by atoms with Crippen molar-refractivity contribution in [3.8, 4) is 0 Å². The van der Waals surface area contributed by atoms with Crippen LogP contribution in [0.4, 0.5) is 10.1 Å². The summed E-state index contributed by atoms with van der Waals surface area (Å²) in [6.45, 7) is 0. The molecule has 2 aromatic rings. The van der Waals surface area contributed by atoms with Gasteiger partial charge in [0.05, 0.1) is 4.92 Å². The van der Waals surface area contributed by atoms with Crippen molar-refractivity contribution in [2.45, 2.75) is 0 Å². The highest BCUT2D eigenvalue weighted by Gasteiger charge is 2.09.